The first-order chi connectivity index (χ1) is 12.1. The molecule has 0 unspecified atom stereocenters. The third-order valence-electron chi connectivity index (χ3n) is 3.52. The molecule has 0 spiro atoms. The predicted octanol–water partition coefficient (Wildman–Crippen LogP) is 4.04. The van der Waals surface area contributed by atoms with Crippen LogP contribution in [0.15, 0.2) is 53.2 Å². The van der Waals surface area contributed by atoms with Gasteiger partial charge in [-0.3, -0.25) is 0 Å². The number of ether oxygens (including phenoxy) is 3. The molecule has 25 heavy (non-hydrogen) atoms. The van der Waals surface area contributed by atoms with Crippen LogP contribution in [0.4, 0.5) is 0 Å². The van der Waals surface area contributed by atoms with Crippen molar-refractivity contribution >= 4 is 40.5 Å². The summed E-state index contributed by atoms with van der Waals surface area (Å²) in [7, 11) is 1.59. The average Bonchev–Trinajstić information content (AvgIpc) is 2.96. The summed E-state index contributed by atoms with van der Waals surface area (Å²) in [6.07, 6.45) is 1.67. The highest BCUT2D eigenvalue weighted by atomic mass is 127. The smallest absolute Gasteiger partial charge is 0.363 e. The summed E-state index contributed by atoms with van der Waals surface area (Å²) in [5, 5.41) is 0. The Bertz CT molecular complexity index is 873. The van der Waals surface area contributed by atoms with Crippen molar-refractivity contribution in [3.8, 4) is 11.5 Å². The largest absolute Gasteiger partial charge is 0.493 e. The van der Waals surface area contributed by atoms with E-state index in [1.54, 1.807) is 19.3 Å². The van der Waals surface area contributed by atoms with Crippen LogP contribution in [0.2, 0.25) is 0 Å². The van der Waals surface area contributed by atoms with Gasteiger partial charge in [0.2, 0.25) is 5.90 Å². The first-order valence-electron chi connectivity index (χ1n) is 7.70. The van der Waals surface area contributed by atoms with E-state index in [2.05, 4.69) is 27.6 Å². The average molecular weight is 449 g/mol. The molecule has 1 heterocycles. The first kappa shape index (κ1) is 17.5. The van der Waals surface area contributed by atoms with E-state index in [9.17, 15) is 4.79 Å². The van der Waals surface area contributed by atoms with Crippen molar-refractivity contribution in [2.24, 2.45) is 4.99 Å². The van der Waals surface area contributed by atoms with Gasteiger partial charge in [0, 0.05) is 3.57 Å². The third kappa shape index (κ3) is 3.84. The summed E-state index contributed by atoms with van der Waals surface area (Å²) in [4.78, 5) is 16.5. The van der Waals surface area contributed by atoms with Gasteiger partial charge in [-0.1, -0.05) is 18.2 Å². The van der Waals surface area contributed by atoms with Crippen LogP contribution < -0.4 is 9.47 Å². The number of hydrogen-bond acceptors (Lipinski definition) is 5. The molecule has 0 saturated carbocycles. The molecule has 0 radical (unpaired) electrons. The maximum atomic E-state index is 12.1. The van der Waals surface area contributed by atoms with Crippen molar-refractivity contribution in [1.82, 2.24) is 0 Å². The summed E-state index contributed by atoms with van der Waals surface area (Å²) < 4.78 is 17.1. The molecule has 2 aromatic carbocycles. The van der Waals surface area contributed by atoms with Crippen molar-refractivity contribution in [2.75, 3.05) is 13.7 Å². The molecule has 0 aromatic heterocycles. The molecule has 1 aliphatic heterocycles. The zero-order valence-electron chi connectivity index (χ0n) is 13.8. The number of rotatable bonds is 5. The lowest BCUT2D eigenvalue weighted by atomic mass is 10.1. The number of halogens is 1. The number of carbonyl (C=O) groups is 1. The molecule has 0 fully saturated rings. The van der Waals surface area contributed by atoms with Gasteiger partial charge in [0.25, 0.3) is 0 Å². The zero-order valence-corrected chi connectivity index (χ0v) is 15.9. The molecule has 0 saturated heterocycles. The molecular formula is C19H16INO4. The highest BCUT2D eigenvalue weighted by Gasteiger charge is 2.25. The van der Waals surface area contributed by atoms with Crippen LogP contribution >= 0.6 is 22.6 Å². The Labute approximate surface area is 159 Å². The van der Waals surface area contributed by atoms with Gasteiger partial charge in [-0.15, -0.1) is 0 Å². The van der Waals surface area contributed by atoms with Crippen LogP contribution in [0.5, 0.6) is 11.5 Å². The van der Waals surface area contributed by atoms with E-state index in [1.165, 1.54) is 0 Å². The Kier molecular flexibility index (Phi) is 5.37. The number of esters is 1. The summed E-state index contributed by atoms with van der Waals surface area (Å²) in [5.41, 5.74) is 1.83. The summed E-state index contributed by atoms with van der Waals surface area (Å²) in [5.74, 6) is 1.11. The Balaban J connectivity index is 1.94. The zero-order chi connectivity index (χ0) is 17.8. The number of aliphatic imine (C=N–C) groups is 1. The minimum absolute atomic E-state index is 0.252. The van der Waals surface area contributed by atoms with E-state index in [0.29, 0.717) is 24.0 Å². The molecule has 128 valence electrons. The van der Waals surface area contributed by atoms with Gasteiger partial charge in [-0.2, -0.15) is 0 Å². The molecule has 0 N–H and O–H groups in total. The van der Waals surface area contributed by atoms with Crippen LogP contribution in [-0.4, -0.2) is 25.6 Å². The molecule has 3 rings (SSSR count). The Morgan fingerprint density at radius 1 is 1.20 bits per heavy atom. The van der Waals surface area contributed by atoms with E-state index >= 15 is 0 Å². The number of hydrogen-bond donors (Lipinski definition) is 0. The number of carbonyl (C=O) groups excluding carboxylic acids is 1. The van der Waals surface area contributed by atoms with Crippen LogP contribution in [0, 0.1) is 3.57 Å². The van der Waals surface area contributed by atoms with Crippen LogP contribution in [0.3, 0.4) is 0 Å². The van der Waals surface area contributed by atoms with Gasteiger partial charge in [-0.05, 0) is 65.4 Å². The van der Waals surface area contributed by atoms with E-state index in [4.69, 9.17) is 14.2 Å². The van der Waals surface area contributed by atoms with Crippen molar-refractivity contribution in [2.45, 2.75) is 6.92 Å². The Morgan fingerprint density at radius 3 is 2.72 bits per heavy atom. The second-order valence-corrected chi connectivity index (χ2v) is 6.32. The lowest BCUT2D eigenvalue weighted by Crippen LogP contribution is -2.06. The highest BCUT2D eigenvalue weighted by molar-refractivity contribution is 14.1. The van der Waals surface area contributed by atoms with E-state index < -0.39 is 5.97 Å². The number of methoxy groups -OCH3 is 1. The SMILES string of the molecule is CCOc1cc(/C=C2\N=C(c3ccccc3I)OC2=O)ccc1OC. The van der Waals surface area contributed by atoms with Gasteiger partial charge < -0.3 is 14.2 Å². The van der Waals surface area contributed by atoms with Gasteiger partial charge in [-0.25, -0.2) is 9.79 Å². The fourth-order valence-corrected chi connectivity index (χ4v) is 2.99. The monoisotopic (exact) mass is 449 g/mol. The minimum Gasteiger partial charge on any atom is -0.493 e. The lowest BCUT2D eigenvalue weighted by Gasteiger charge is -2.09. The second-order valence-electron chi connectivity index (χ2n) is 5.16. The van der Waals surface area contributed by atoms with Crippen LogP contribution in [0.25, 0.3) is 6.08 Å². The number of benzene rings is 2. The van der Waals surface area contributed by atoms with Gasteiger partial charge in [0.1, 0.15) is 0 Å². The van der Waals surface area contributed by atoms with Crippen molar-refractivity contribution < 1.29 is 19.0 Å². The van der Waals surface area contributed by atoms with E-state index in [0.717, 1.165) is 14.7 Å². The molecule has 6 heteroatoms. The standard InChI is InChI=1S/C19H16INO4/c1-3-24-17-11-12(8-9-16(17)23-2)10-15-19(22)25-18(21-15)13-6-4-5-7-14(13)20/h4-11H,3H2,1-2H3/b15-10-. The molecule has 0 atom stereocenters. The number of cyclic esters (lactones) is 1. The van der Waals surface area contributed by atoms with Crippen LogP contribution in [0.1, 0.15) is 18.1 Å². The van der Waals surface area contributed by atoms with Crippen molar-refractivity contribution in [1.29, 1.82) is 0 Å². The molecule has 0 amide bonds. The van der Waals surface area contributed by atoms with Gasteiger partial charge >= 0.3 is 5.97 Å². The second kappa shape index (κ2) is 7.69. The maximum absolute atomic E-state index is 12.1. The lowest BCUT2D eigenvalue weighted by molar-refractivity contribution is -0.129. The number of nitrogens with zero attached hydrogens (tertiary/aromatic N) is 1. The van der Waals surface area contributed by atoms with Gasteiger partial charge in [0.15, 0.2) is 17.2 Å². The van der Waals surface area contributed by atoms with Gasteiger partial charge in [0.05, 0.1) is 19.3 Å². The molecular weight excluding hydrogens is 433 g/mol. The fourth-order valence-electron chi connectivity index (χ4n) is 2.37. The summed E-state index contributed by atoms with van der Waals surface area (Å²) in [6.45, 7) is 2.42. The molecule has 0 aliphatic carbocycles. The molecule has 0 bridgehead atoms. The topological polar surface area (TPSA) is 57.1 Å². The molecule has 1 aliphatic rings. The third-order valence-corrected chi connectivity index (χ3v) is 4.46. The Hall–Kier alpha value is -2.35. The van der Waals surface area contributed by atoms with Crippen molar-refractivity contribution in [3.05, 3.63) is 62.9 Å². The quantitative estimate of drug-likeness (QED) is 0.393. The van der Waals surface area contributed by atoms with E-state index in [1.807, 2.05) is 43.3 Å². The van der Waals surface area contributed by atoms with Crippen molar-refractivity contribution in [3.63, 3.8) is 0 Å². The van der Waals surface area contributed by atoms with E-state index in [-0.39, 0.29) is 5.70 Å². The van der Waals surface area contributed by atoms with Crippen LogP contribution in [-0.2, 0) is 9.53 Å². The fraction of sp³-hybridized carbons (Fsp3) is 0.158. The summed E-state index contributed by atoms with van der Waals surface area (Å²) in [6, 6.07) is 13.1. The summed E-state index contributed by atoms with van der Waals surface area (Å²) >= 11 is 2.19. The molecule has 2 aromatic rings. The molecule has 5 nitrogen and oxygen atoms in total. The first-order valence-corrected chi connectivity index (χ1v) is 8.78. The minimum atomic E-state index is -0.469. The normalized spacial score (nSPS) is 15.1. The Morgan fingerprint density at radius 2 is 2.00 bits per heavy atom. The predicted molar refractivity (Wildman–Crippen MR) is 104 cm³/mol. The maximum Gasteiger partial charge on any atom is 0.363 e. The highest BCUT2D eigenvalue weighted by Crippen LogP contribution is 2.30.